The Bertz CT molecular complexity index is 588. The lowest BCUT2D eigenvalue weighted by Crippen LogP contribution is -2.54. The van der Waals surface area contributed by atoms with E-state index in [0.29, 0.717) is 32.2 Å². The van der Waals surface area contributed by atoms with Gasteiger partial charge in [-0.15, -0.1) is 0 Å². The first kappa shape index (κ1) is 16.8. The van der Waals surface area contributed by atoms with E-state index in [1.807, 2.05) is 41.0 Å². The molecule has 1 heterocycles. The van der Waals surface area contributed by atoms with Crippen molar-refractivity contribution in [1.29, 1.82) is 0 Å². The van der Waals surface area contributed by atoms with E-state index in [1.165, 1.54) is 19.3 Å². The fourth-order valence-electron chi connectivity index (χ4n) is 3.59. The molecule has 1 aromatic rings. The molecule has 0 atom stereocenters. The van der Waals surface area contributed by atoms with Gasteiger partial charge in [0.05, 0.1) is 0 Å². The quantitative estimate of drug-likeness (QED) is 0.907. The van der Waals surface area contributed by atoms with Gasteiger partial charge in [0.15, 0.2) is 0 Å². The predicted octanol–water partition coefficient (Wildman–Crippen LogP) is 2.80. The van der Waals surface area contributed by atoms with Crippen LogP contribution >= 0.6 is 0 Å². The molecule has 1 saturated carbocycles. The number of aryl methyl sites for hydroxylation is 1. The number of piperazine rings is 1. The van der Waals surface area contributed by atoms with Crippen molar-refractivity contribution in [3.63, 3.8) is 0 Å². The van der Waals surface area contributed by atoms with Crippen LogP contribution in [0.4, 0.5) is 4.79 Å². The molecule has 2 fully saturated rings. The van der Waals surface area contributed by atoms with Gasteiger partial charge in [-0.3, -0.25) is 4.79 Å². The minimum atomic E-state index is 0.0320. The fourth-order valence-corrected chi connectivity index (χ4v) is 3.59. The lowest BCUT2D eigenvalue weighted by atomic mass is 9.96. The minimum absolute atomic E-state index is 0.0320. The van der Waals surface area contributed by atoms with Crippen molar-refractivity contribution in [3.05, 3.63) is 35.4 Å². The Morgan fingerprint density at radius 3 is 2.33 bits per heavy atom. The molecule has 1 aromatic carbocycles. The zero-order valence-electron chi connectivity index (χ0n) is 14.5. The van der Waals surface area contributed by atoms with E-state index in [4.69, 9.17) is 0 Å². The standard InChI is InChI=1S/C19H27N3O2/c1-15-6-5-7-16(14-15)18(23)21-10-12-22(13-11-21)19(24)20-17-8-3-2-4-9-17/h5-7,14,17H,2-4,8-13H2,1H3,(H,20,24). The van der Waals surface area contributed by atoms with Crippen LogP contribution in [0.3, 0.4) is 0 Å². The molecule has 24 heavy (non-hydrogen) atoms. The largest absolute Gasteiger partial charge is 0.335 e. The molecule has 3 rings (SSSR count). The molecule has 0 radical (unpaired) electrons. The summed E-state index contributed by atoms with van der Waals surface area (Å²) in [5.41, 5.74) is 1.82. The minimum Gasteiger partial charge on any atom is -0.335 e. The number of amides is 3. The van der Waals surface area contributed by atoms with Crippen LogP contribution in [0.2, 0.25) is 0 Å². The molecule has 0 unspecified atom stereocenters. The van der Waals surface area contributed by atoms with E-state index in [0.717, 1.165) is 24.0 Å². The molecule has 0 aromatic heterocycles. The topological polar surface area (TPSA) is 52.7 Å². The van der Waals surface area contributed by atoms with Gasteiger partial charge in [-0.25, -0.2) is 4.79 Å². The highest BCUT2D eigenvalue weighted by atomic mass is 16.2. The molecule has 2 aliphatic rings. The average molecular weight is 329 g/mol. The van der Waals surface area contributed by atoms with E-state index >= 15 is 0 Å². The molecule has 3 amide bonds. The highest BCUT2D eigenvalue weighted by Crippen LogP contribution is 2.18. The predicted molar refractivity (Wildman–Crippen MR) is 94.1 cm³/mol. The Morgan fingerprint density at radius 1 is 1.00 bits per heavy atom. The highest BCUT2D eigenvalue weighted by molar-refractivity contribution is 5.94. The summed E-state index contributed by atoms with van der Waals surface area (Å²) in [6, 6.07) is 8.05. The third-order valence-electron chi connectivity index (χ3n) is 5.05. The summed E-state index contributed by atoms with van der Waals surface area (Å²) in [5.74, 6) is 0.0611. The normalized spacial score (nSPS) is 19.2. The fraction of sp³-hybridized carbons (Fsp3) is 0.579. The molecule has 1 N–H and O–H groups in total. The number of carbonyl (C=O) groups is 2. The molecule has 130 valence electrons. The van der Waals surface area contributed by atoms with Gasteiger partial charge >= 0.3 is 6.03 Å². The van der Waals surface area contributed by atoms with Crippen molar-refractivity contribution in [2.24, 2.45) is 0 Å². The summed E-state index contributed by atoms with van der Waals surface area (Å²) in [6.45, 7) is 4.41. The highest BCUT2D eigenvalue weighted by Gasteiger charge is 2.26. The summed E-state index contributed by atoms with van der Waals surface area (Å²) < 4.78 is 0. The van der Waals surface area contributed by atoms with Gasteiger partial charge in [0.2, 0.25) is 0 Å². The second-order valence-electron chi connectivity index (χ2n) is 6.93. The molecule has 1 saturated heterocycles. The van der Waals surface area contributed by atoms with Crippen molar-refractivity contribution >= 4 is 11.9 Å². The molecule has 5 nitrogen and oxygen atoms in total. The molecule has 1 aliphatic carbocycles. The van der Waals surface area contributed by atoms with Crippen LogP contribution < -0.4 is 5.32 Å². The third kappa shape index (κ3) is 4.08. The second kappa shape index (κ2) is 7.69. The zero-order valence-corrected chi connectivity index (χ0v) is 14.5. The molecule has 0 spiro atoms. The number of urea groups is 1. The SMILES string of the molecule is Cc1cccc(C(=O)N2CCN(C(=O)NC3CCCCC3)CC2)c1. The number of nitrogens with one attached hydrogen (secondary N) is 1. The zero-order chi connectivity index (χ0) is 16.9. The van der Waals surface area contributed by atoms with Gasteiger partial charge in [0.25, 0.3) is 5.91 Å². The van der Waals surface area contributed by atoms with E-state index in [-0.39, 0.29) is 11.9 Å². The van der Waals surface area contributed by atoms with Crippen LogP contribution in [0, 0.1) is 6.92 Å². The summed E-state index contributed by atoms with van der Waals surface area (Å²) in [5, 5.41) is 3.16. The maximum Gasteiger partial charge on any atom is 0.317 e. The number of carbonyl (C=O) groups excluding carboxylic acids is 2. The first-order valence-corrected chi connectivity index (χ1v) is 9.05. The number of rotatable bonds is 2. The first-order chi connectivity index (χ1) is 11.6. The lowest BCUT2D eigenvalue weighted by Gasteiger charge is -2.36. The Balaban J connectivity index is 1.50. The van der Waals surface area contributed by atoms with Gasteiger partial charge < -0.3 is 15.1 Å². The third-order valence-corrected chi connectivity index (χ3v) is 5.05. The van der Waals surface area contributed by atoms with Crippen molar-refractivity contribution in [2.45, 2.75) is 45.1 Å². The van der Waals surface area contributed by atoms with E-state index in [2.05, 4.69) is 5.32 Å². The van der Waals surface area contributed by atoms with E-state index < -0.39 is 0 Å². The first-order valence-electron chi connectivity index (χ1n) is 9.05. The Kier molecular flexibility index (Phi) is 5.38. The summed E-state index contributed by atoms with van der Waals surface area (Å²) >= 11 is 0. The van der Waals surface area contributed by atoms with Crippen LogP contribution in [-0.4, -0.2) is 54.0 Å². The van der Waals surface area contributed by atoms with E-state index in [1.54, 1.807) is 0 Å². The monoisotopic (exact) mass is 329 g/mol. The Hall–Kier alpha value is -2.04. The lowest BCUT2D eigenvalue weighted by molar-refractivity contribution is 0.0662. The van der Waals surface area contributed by atoms with Crippen molar-refractivity contribution in [2.75, 3.05) is 26.2 Å². The Labute approximate surface area is 144 Å². The van der Waals surface area contributed by atoms with Gasteiger partial charge in [-0.05, 0) is 31.9 Å². The number of benzene rings is 1. The van der Waals surface area contributed by atoms with Gasteiger partial charge in [0, 0.05) is 37.8 Å². The maximum atomic E-state index is 12.6. The van der Waals surface area contributed by atoms with Crippen molar-refractivity contribution in [3.8, 4) is 0 Å². The number of hydrogen-bond donors (Lipinski definition) is 1. The van der Waals surface area contributed by atoms with Crippen LogP contribution in [0.5, 0.6) is 0 Å². The summed E-state index contributed by atoms with van der Waals surface area (Å²) in [6.07, 6.45) is 5.90. The molecular weight excluding hydrogens is 302 g/mol. The molecule has 0 bridgehead atoms. The summed E-state index contributed by atoms with van der Waals surface area (Å²) in [7, 11) is 0. The van der Waals surface area contributed by atoms with Crippen LogP contribution in [-0.2, 0) is 0 Å². The van der Waals surface area contributed by atoms with Crippen molar-refractivity contribution < 1.29 is 9.59 Å². The van der Waals surface area contributed by atoms with E-state index in [9.17, 15) is 9.59 Å². The smallest absolute Gasteiger partial charge is 0.317 e. The number of hydrogen-bond acceptors (Lipinski definition) is 2. The maximum absolute atomic E-state index is 12.6. The summed E-state index contributed by atoms with van der Waals surface area (Å²) in [4.78, 5) is 28.6. The molecular formula is C19H27N3O2. The van der Waals surface area contributed by atoms with Crippen LogP contribution in [0.15, 0.2) is 24.3 Å². The molecule has 1 aliphatic heterocycles. The van der Waals surface area contributed by atoms with Gasteiger partial charge in [-0.2, -0.15) is 0 Å². The molecule has 5 heteroatoms. The second-order valence-corrected chi connectivity index (χ2v) is 6.93. The average Bonchev–Trinajstić information content (AvgIpc) is 2.62. The van der Waals surface area contributed by atoms with Gasteiger partial charge in [-0.1, -0.05) is 37.0 Å². The Morgan fingerprint density at radius 2 is 1.67 bits per heavy atom. The number of nitrogens with zero attached hydrogens (tertiary/aromatic N) is 2. The van der Waals surface area contributed by atoms with Crippen LogP contribution in [0.1, 0.15) is 48.0 Å². The van der Waals surface area contributed by atoms with Crippen molar-refractivity contribution in [1.82, 2.24) is 15.1 Å². The van der Waals surface area contributed by atoms with Gasteiger partial charge in [0.1, 0.15) is 0 Å². The van der Waals surface area contributed by atoms with Crippen LogP contribution in [0.25, 0.3) is 0 Å².